The molecule has 0 radical (unpaired) electrons. The molecule has 0 aromatic heterocycles. The van der Waals surface area contributed by atoms with Gasteiger partial charge in [0.25, 0.3) is 11.8 Å². The highest BCUT2D eigenvalue weighted by molar-refractivity contribution is 6.14. The van der Waals surface area contributed by atoms with E-state index in [0.29, 0.717) is 53.8 Å². The molecule has 3 heterocycles. The van der Waals surface area contributed by atoms with E-state index >= 15 is 0 Å². The number of carbonyl (C=O) groups excluding carboxylic acids is 2. The molecule has 3 aliphatic heterocycles. The van der Waals surface area contributed by atoms with Crippen LogP contribution in [0.15, 0.2) is 36.4 Å². The maximum Gasteiger partial charge on any atom is 0.276 e. The smallest absolute Gasteiger partial charge is 0.276 e. The van der Waals surface area contributed by atoms with Crippen molar-refractivity contribution in [3.63, 3.8) is 0 Å². The molecular weight excluding hydrogens is 346 g/mol. The predicted molar refractivity (Wildman–Crippen MR) is 99.1 cm³/mol. The Labute approximate surface area is 156 Å². The van der Waals surface area contributed by atoms with Crippen LogP contribution in [0, 0.1) is 0 Å². The van der Waals surface area contributed by atoms with E-state index in [0.717, 1.165) is 6.42 Å². The summed E-state index contributed by atoms with van der Waals surface area (Å²) in [6.45, 7) is 3.35. The number of hydrogen-bond acceptors (Lipinski definition) is 5. The van der Waals surface area contributed by atoms with E-state index in [2.05, 4.69) is 10.6 Å². The molecule has 27 heavy (non-hydrogen) atoms. The normalized spacial score (nSPS) is 22.2. The first-order chi connectivity index (χ1) is 13.1. The summed E-state index contributed by atoms with van der Waals surface area (Å²) >= 11 is 0. The maximum absolute atomic E-state index is 13.3. The molecule has 7 heteroatoms. The molecule has 2 N–H and O–H groups in total. The van der Waals surface area contributed by atoms with Crippen LogP contribution in [0.3, 0.4) is 0 Å². The number of rotatable bonds is 2. The summed E-state index contributed by atoms with van der Waals surface area (Å²) in [4.78, 5) is 28.1. The fourth-order valence-corrected chi connectivity index (χ4v) is 4.05. The number of anilines is 2. The quantitative estimate of drug-likeness (QED) is 0.855. The molecule has 3 aliphatic rings. The number of nitrogens with one attached hydrogen (secondary N) is 2. The van der Waals surface area contributed by atoms with Crippen LogP contribution in [-0.4, -0.2) is 36.5 Å². The Balaban J connectivity index is 1.73. The van der Waals surface area contributed by atoms with Gasteiger partial charge in [-0.15, -0.1) is 0 Å². The molecule has 7 nitrogen and oxygen atoms in total. The summed E-state index contributed by atoms with van der Waals surface area (Å²) in [5.74, 6) is 0.739. The Bertz CT molecular complexity index is 974. The highest BCUT2D eigenvalue weighted by atomic mass is 16.6. The fourth-order valence-electron chi connectivity index (χ4n) is 4.05. The first-order valence-corrected chi connectivity index (χ1v) is 9.10. The van der Waals surface area contributed by atoms with Crippen molar-refractivity contribution in [3.05, 3.63) is 47.5 Å². The van der Waals surface area contributed by atoms with Gasteiger partial charge in [0.1, 0.15) is 13.2 Å². The lowest BCUT2D eigenvalue weighted by Crippen LogP contribution is -2.61. The van der Waals surface area contributed by atoms with Crippen LogP contribution >= 0.6 is 0 Å². The van der Waals surface area contributed by atoms with Crippen molar-refractivity contribution in [1.82, 2.24) is 4.90 Å². The van der Waals surface area contributed by atoms with E-state index in [1.807, 2.05) is 25.1 Å². The predicted octanol–water partition coefficient (Wildman–Crippen LogP) is 2.54. The first-order valence-electron chi connectivity index (χ1n) is 9.10. The molecule has 0 aliphatic carbocycles. The summed E-state index contributed by atoms with van der Waals surface area (Å²) in [7, 11) is 0. The van der Waals surface area contributed by atoms with Gasteiger partial charge in [-0.25, -0.2) is 0 Å². The van der Waals surface area contributed by atoms with Gasteiger partial charge in [0.15, 0.2) is 11.5 Å². The summed E-state index contributed by atoms with van der Waals surface area (Å²) in [5, 5.41) is 6.26. The van der Waals surface area contributed by atoms with Crippen molar-refractivity contribution in [1.29, 1.82) is 0 Å². The van der Waals surface area contributed by atoms with Crippen LogP contribution < -0.4 is 20.1 Å². The summed E-state index contributed by atoms with van der Waals surface area (Å²) in [6.07, 6.45) is 0.727. The van der Waals surface area contributed by atoms with E-state index in [1.54, 1.807) is 23.1 Å². The molecule has 5 rings (SSSR count). The fraction of sp³-hybridized carbons (Fsp3) is 0.300. The van der Waals surface area contributed by atoms with Gasteiger partial charge < -0.3 is 25.0 Å². The molecule has 0 bridgehead atoms. The summed E-state index contributed by atoms with van der Waals surface area (Å²) < 4.78 is 11.3. The zero-order valence-electron chi connectivity index (χ0n) is 14.9. The van der Waals surface area contributed by atoms with Crippen LogP contribution in [0.1, 0.15) is 29.3 Å². The van der Waals surface area contributed by atoms with Crippen LogP contribution in [-0.2, 0) is 10.5 Å². The second-order valence-corrected chi connectivity index (χ2v) is 6.83. The molecule has 1 spiro atoms. The van der Waals surface area contributed by atoms with Crippen molar-refractivity contribution >= 4 is 23.2 Å². The highest BCUT2D eigenvalue weighted by Gasteiger charge is 2.56. The van der Waals surface area contributed by atoms with E-state index < -0.39 is 5.66 Å². The number of hydrogen-bond donors (Lipinski definition) is 2. The minimum Gasteiger partial charge on any atom is -0.486 e. The first kappa shape index (κ1) is 16.0. The van der Waals surface area contributed by atoms with E-state index in [-0.39, 0.29) is 11.8 Å². The molecule has 138 valence electrons. The van der Waals surface area contributed by atoms with Gasteiger partial charge in [-0.3, -0.25) is 9.59 Å². The summed E-state index contributed by atoms with van der Waals surface area (Å²) in [5.41, 5.74) is 1.22. The van der Waals surface area contributed by atoms with Crippen LogP contribution in [0.5, 0.6) is 11.5 Å². The monoisotopic (exact) mass is 365 g/mol. The highest BCUT2D eigenvalue weighted by Crippen LogP contribution is 2.49. The molecular formula is C20H19N3O4. The second-order valence-electron chi connectivity index (χ2n) is 6.83. The lowest BCUT2D eigenvalue weighted by Gasteiger charge is -2.44. The number of amides is 2. The Morgan fingerprint density at radius 2 is 1.81 bits per heavy atom. The maximum atomic E-state index is 13.3. The molecule has 0 fully saturated rings. The van der Waals surface area contributed by atoms with Gasteiger partial charge in [0.2, 0.25) is 5.66 Å². The standard InChI is InChI=1S/C20H19N3O4/c1-2-7-23-18(24)12-5-3-4-6-14(12)22-20(23)13-10-16-17(27-9-8-26-16)11-15(13)21-19(20)25/h3-6,10-11,22H,2,7-9H2,1H3,(H,21,25)/t20-/m1/s1. The van der Waals surface area contributed by atoms with Gasteiger partial charge in [0, 0.05) is 23.9 Å². The Morgan fingerprint density at radius 3 is 2.59 bits per heavy atom. The third kappa shape index (κ3) is 2.08. The number of fused-ring (bicyclic) bond motifs is 4. The van der Waals surface area contributed by atoms with Crippen molar-refractivity contribution in [3.8, 4) is 11.5 Å². The number of nitrogens with zero attached hydrogens (tertiary/aromatic N) is 1. The van der Waals surface area contributed by atoms with Gasteiger partial charge >= 0.3 is 0 Å². The molecule has 0 saturated heterocycles. The largest absolute Gasteiger partial charge is 0.486 e. The lowest BCUT2D eigenvalue weighted by atomic mass is 9.92. The molecule has 2 aromatic carbocycles. The number of benzene rings is 2. The average Bonchev–Trinajstić information content (AvgIpc) is 2.94. The Hall–Kier alpha value is -3.22. The van der Waals surface area contributed by atoms with E-state index in [4.69, 9.17) is 9.47 Å². The lowest BCUT2D eigenvalue weighted by molar-refractivity contribution is -0.125. The van der Waals surface area contributed by atoms with Crippen molar-refractivity contribution in [2.45, 2.75) is 19.0 Å². The molecule has 0 unspecified atom stereocenters. The molecule has 2 aromatic rings. The Morgan fingerprint density at radius 1 is 1.07 bits per heavy atom. The Kier molecular flexibility index (Phi) is 3.34. The minimum absolute atomic E-state index is 0.163. The third-order valence-electron chi connectivity index (χ3n) is 5.22. The zero-order chi connectivity index (χ0) is 18.6. The zero-order valence-corrected chi connectivity index (χ0v) is 14.9. The number of para-hydroxylation sites is 1. The van der Waals surface area contributed by atoms with Crippen LogP contribution in [0.25, 0.3) is 0 Å². The topological polar surface area (TPSA) is 79.9 Å². The van der Waals surface area contributed by atoms with Crippen molar-refractivity contribution in [2.24, 2.45) is 0 Å². The van der Waals surface area contributed by atoms with Gasteiger partial charge in [-0.2, -0.15) is 0 Å². The summed E-state index contributed by atoms with van der Waals surface area (Å²) in [6, 6.07) is 10.8. The van der Waals surface area contributed by atoms with Gasteiger partial charge in [-0.1, -0.05) is 19.1 Å². The minimum atomic E-state index is -1.30. The van der Waals surface area contributed by atoms with E-state index in [9.17, 15) is 9.59 Å². The molecule has 0 saturated carbocycles. The second kappa shape index (κ2) is 5.64. The van der Waals surface area contributed by atoms with Crippen molar-refractivity contribution < 1.29 is 19.1 Å². The van der Waals surface area contributed by atoms with Gasteiger partial charge in [0.05, 0.1) is 11.3 Å². The SMILES string of the molecule is CCCN1C(=O)c2ccccc2N[C@@]12C(=O)Nc1cc3c(cc12)OCCO3. The number of carbonyl (C=O) groups is 2. The molecule has 1 atom stereocenters. The van der Waals surface area contributed by atoms with Crippen LogP contribution in [0.2, 0.25) is 0 Å². The third-order valence-corrected chi connectivity index (χ3v) is 5.22. The van der Waals surface area contributed by atoms with Gasteiger partial charge in [-0.05, 0) is 24.6 Å². The van der Waals surface area contributed by atoms with E-state index in [1.165, 1.54) is 0 Å². The molecule has 2 amide bonds. The average molecular weight is 365 g/mol. The van der Waals surface area contributed by atoms with Crippen molar-refractivity contribution in [2.75, 3.05) is 30.4 Å². The number of ether oxygens (including phenoxy) is 2. The van der Waals surface area contributed by atoms with Crippen LogP contribution in [0.4, 0.5) is 11.4 Å².